The number of fused-ring (bicyclic) bond motifs is 1. The van der Waals surface area contributed by atoms with Crippen LogP contribution in [0.5, 0.6) is 0 Å². The van der Waals surface area contributed by atoms with Gasteiger partial charge in [-0.25, -0.2) is 4.79 Å². The summed E-state index contributed by atoms with van der Waals surface area (Å²) in [5, 5.41) is 41.4. The van der Waals surface area contributed by atoms with Crippen molar-refractivity contribution in [1.29, 1.82) is 0 Å². The molecule has 2 aliphatic heterocycles. The van der Waals surface area contributed by atoms with Gasteiger partial charge < -0.3 is 39.4 Å². The van der Waals surface area contributed by atoms with Crippen molar-refractivity contribution in [2.75, 3.05) is 6.61 Å². The van der Waals surface area contributed by atoms with Crippen LogP contribution >= 0.6 is 0 Å². The topological polar surface area (TPSA) is 135 Å². The lowest BCUT2D eigenvalue weighted by Gasteiger charge is -2.44. The molecule has 1 saturated carbocycles. The number of aliphatic hydroxyl groups excluding tert-OH is 3. The summed E-state index contributed by atoms with van der Waals surface area (Å²) in [4.78, 5) is 12.6. The fourth-order valence-electron chi connectivity index (χ4n) is 4.91. The Kier molecular flexibility index (Phi) is 6.90. The second-order valence-corrected chi connectivity index (χ2v) is 9.00. The predicted octanol–water partition coefficient (Wildman–Crippen LogP) is 0.859. The maximum Gasteiger partial charge on any atom is 0.331 e. The van der Waals surface area contributed by atoms with Crippen LogP contribution in [0.4, 0.5) is 0 Å². The van der Waals surface area contributed by atoms with Crippen LogP contribution in [0.3, 0.4) is 0 Å². The summed E-state index contributed by atoms with van der Waals surface area (Å²) >= 11 is 0. The van der Waals surface area contributed by atoms with Gasteiger partial charge in [-0.05, 0) is 24.6 Å². The molecule has 9 heteroatoms. The summed E-state index contributed by atoms with van der Waals surface area (Å²) < 4.78 is 22.9. The maximum absolute atomic E-state index is 12.6. The van der Waals surface area contributed by atoms with E-state index in [0.29, 0.717) is 0 Å². The average Bonchev–Trinajstić information content (AvgIpc) is 2.98. The zero-order valence-electron chi connectivity index (χ0n) is 18.3. The van der Waals surface area contributed by atoms with Crippen LogP contribution < -0.4 is 0 Å². The second kappa shape index (κ2) is 9.54. The summed E-state index contributed by atoms with van der Waals surface area (Å²) in [7, 11) is 0. The molecule has 1 aromatic rings. The van der Waals surface area contributed by atoms with E-state index in [-0.39, 0.29) is 25.9 Å². The van der Waals surface area contributed by atoms with Gasteiger partial charge in [0, 0.05) is 25.3 Å². The first-order chi connectivity index (χ1) is 15.7. The molecule has 0 radical (unpaired) electrons. The number of hydrogen-bond acceptors (Lipinski definition) is 9. The van der Waals surface area contributed by atoms with E-state index < -0.39 is 54.0 Å². The molecule has 4 rings (SSSR count). The Bertz CT molecular complexity index is 887. The number of carbonyl (C=O) groups excluding carboxylic acids is 1. The van der Waals surface area contributed by atoms with Crippen molar-refractivity contribution in [2.45, 2.75) is 68.3 Å². The first-order valence-electron chi connectivity index (χ1n) is 11.0. The van der Waals surface area contributed by atoms with E-state index in [4.69, 9.17) is 18.9 Å². The summed E-state index contributed by atoms with van der Waals surface area (Å²) in [5.41, 5.74) is -2.27. The molecular weight excluding hydrogens is 432 g/mol. The van der Waals surface area contributed by atoms with Gasteiger partial charge in [-0.3, -0.25) is 0 Å². The normalized spacial score (nSPS) is 40.4. The summed E-state index contributed by atoms with van der Waals surface area (Å²) in [6.45, 7) is 1.33. The van der Waals surface area contributed by atoms with Crippen molar-refractivity contribution >= 4 is 12.0 Å². The minimum atomic E-state index is -1.76. The van der Waals surface area contributed by atoms with Crippen LogP contribution in [-0.2, 0) is 23.7 Å². The van der Waals surface area contributed by atoms with Gasteiger partial charge in [-0.15, -0.1) is 0 Å². The van der Waals surface area contributed by atoms with Crippen LogP contribution in [0.15, 0.2) is 48.7 Å². The molecule has 1 aromatic carbocycles. The Balaban J connectivity index is 1.52. The maximum atomic E-state index is 12.6. The highest BCUT2D eigenvalue weighted by Gasteiger charge is 2.66. The number of rotatable bonds is 6. The van der Waals surface area contributed by atoms with Crippen molar-refractivity contribution in [2.24, 2.45) is 5.92 Å². The van der Waals surface area contributed by atoms with E-state index in [1.807, 2.05) is 30.3 Å². The molecule has 1 saturated heterocycles. The van der Waals surface area contributed by atoms with Gasteiger partial charge in [0.15, 0.2) is 6.29 Å². The monoisotopic (exact) mass is 462 g/mol. The number of benzene rings is 1. The van der Waals surface area contributed by atoms with Gasteiger partial charge in [0.1, 0.15) is 11.2 Å². The van der Waals surface area contributed by atoms with E-state index in [0.717, 1.165) is 5.56 Å². The second-order valence-electron chi connectivity index (χ2n) is 9.00. The van der Waals surface area contributed by atoms with E-state index in [2.05, 4.69) is 0 Å². The van der Waals surface area contributed by atoms with E-state index >= 15 is 0 Å². The SMILES string of the molecule is C[C@]1(OC(=O)/C=C/c2ccccc2)CC(O)C2(O)C=COC(OC3CC(O)CC(CO)O3)C21. The molecule has 0 spiro atoms. The highest BCUT2D eigenvalue weighted by molar-refractivity contribution is 5.87. The van der Waals surface area contributed by atoms with Crippen molar-refractivity contribution in [3.8, 4) is 0 Å². The number of carbonyl (C=O) groups is 1. The van der Waals surface area contributed by atoms with Crippen molar-refractivity contribution in [1.82, 2.24) is 0 Å². The van der Waals surface area contributed by atoms with E-state index in [1.165, 1.54) is 18.4 Å². The quantitative estimate of drug-likeness (QED) is 0.359. The van der Waals surface area contributed by atoms with E-state index in [9.17, 15) is 25.2 Å². The highest BCUT2D eigenvalue weighted by Crippen LogP contribution is 2.51. The molecule has 8 atom stereocenters. The number of aliphatic hydroxyl groups is 4. The minimum Gasteiger partial charge on any atom is -0.472 e. The third-order valence-electron chi connectivity index (χ3n) is 6.49. The highest BCUT2D eigenvalue weighted by atomic mass is 16.8. The smallest absolute Gasteiger partial charge is 0.331 e. The molecule has 2 heterocycles. The lowest BCUT2D eigenvalue weighted by atomic mass is 9.81. The first kappa shape index (κ1) is 23.9. The van der Waals surface area contributed by atoms with Crippen LogP contribution in [0, 0.1) is 5.92 Å². The van der Waals surface area contributed by atoms with Crippen molar-refractivity contribution in [3.05, 3.63) is 54.3 Å². The van der Waals surface area contributed by atoms with Gasteiger partial charge in [0.05, 0.1) is 37.1 Å². The number of hydrogen-bond donors (Lipinski definition) is 4. The molecule has 0 amide bonds. The Labute approximate surface area is 191 Å². The molecular formula is C24H30O9. The molecule has 3 aliphatic rings. The minimum absolute atomic E-state index is 0.0416. The fraction of sp³-hybridized carbons (Fsp3) is 0.542. The Morgan fingerprint density at radius 1 is 1.24 bits per heavy atom. The van der Waals surface area contributed by atoms with Gasteiger partial charge in [0.2, 0.25) is 6.29 Å². The lowest BCUT2D eigenvalue weighted by molar-refractivity contribution is -0.311. The van der Waals surface area contributed by atoms with Gasteiger partial charge in [0.25, 0.3) is 0 Å². The van der Waals surface area contributed by atoms with Crippen molar-refractivity contribution in [3.63, 3.8) is 0 Å². The molecule has 9 nitrogen and oxygen atoms in total. The molecule has 4 N–H and O–H groups in total. The Morgan fingerprint density at radius 3 is 2.73 bits per heavy atom. The molecule has 7 unspecified atom stereocenters. The summed E-state index contributed by atoms with van der Waals surface area (Å²) in [5.74, 6) is -1.62. The van der Waals surface area contributed by atoms with E-state index in [1.54, 1.807) is 13.0 Å². The number of esters is 1. The molecule has 1 aliphatic carbocycles. The van der Waals surface area contributed by atoms with Gasteiger partial charge in [-0.2, -0.15) is 0 Å². The zero-order valence-corrected chi connectivity index (χ0v) is 18.3. The van der Waals surface area contributed by atoms with Gasteiger partial charge in [-0.1, -0.05) is 30.3 Å². The van der Waals surface area contributed by atoms with Gasteiger partial charge >= 0.3 is 5.97 Å². The van der Waals surface area contributed by atoms with Crippen LogP contribution in [-0.4, -0.2) is 75.1 Å². The molecule has 33 heavy (non-hydrogen) atoms. The third-order valence-corrected chi connectivity index (χ3v) is 6.49. The lowest BCUT2D eigenvalue weighted by Crippen LogP contribution is -2.56. The first-order valence-corrected chi connectivity index (χ1v) is 11.0. The number of ether oxygens (including phenoxy) is 4. The van der Waals surface area contributed by atoms with Crippen LogP contribution in [0.2, 0.25) is 0 Å². The van der Waals surface area contributed by atoms with Crippen LogP contribution in [0.1, 0.15) is 31.7 Å². The van der Waals surface area contributed by atoms with Crippen LogP contribution in [0.25, 0.3) is 6.08 Å². The fourth-order valence-corrected chi connectivity index (χ4v) is 4.91. The Morgan fingerprint density at radius 2 is 2.00 bits per heavy atom. The molecule has 180 valence electrons. The average molecular weight is 462 g/mol. The Hall–Kier alpha value is -2.27. The third kappa shape index (κ3) is 4.98. The zero-order chi connectivity index (χ0) is 23.6. The van der Waals surface area contributed by atoms with Crippen molar-refractivity contribution < 1.29 is 44.2 Å². The molecule has 0 aromatic heterocycles. The standard InChI is InChI=1S/C24H30O9/c1-23(33-19(28)8-7-15-5-3-2-4-6-15)13-18(27)24(29)9-10-30-22(21(23)24)32-20-12-16(26)11-17(14-25)31-20/h2-10,16-18,20-22,25-27,29H,11-14H2,1H3/b8-7+/t16?,17?,18?,20?,21?,22?,23-,24?/m0/s1. The molecule has 0 bridgehead atoms. The predicted molar refractivity (Wildman–Crippen MR) is 115 cm³/mol. The summed E-state index contributed by atoms with van der Waals surface area (Å²) in [6.07, 6.45) is 1.22. The largest absolute Gasteiger partial charge is 0.472 e. The molecule has 2 fully saturated rings. The summed E-state index contributed by atoms with van der Waals surface area (Å²) in [6, 6.07) is 9.24.